The van der Waals surface area contributed by atoms with Crippen molar-refractivity contribution in [2.75, 3.05) is 26.4 Å². The minimum atomic E-state index is -0.530. The smallest absolute Gasteiger partial charge is 0.152 e. The number of ether oxygens (including phenoxy) is 2. The van der Waals surface area contributed by atoms with E-state index in [0.29, 0.717) is 18.8 Å². The molecule has 0 aromatic carbocycles. The number of fused-ring (bicyclic) bond motifs is 1. The van der Waals surface area contributed by atoms with Crippen LogP contribution in [0.4, 0.5) is 0 Å². The fourth-order valence-electron chi connectivity index (χ4n) is 5.68. The van der Waals surface area contributed by atoms with Crippen molar-refractivity contribution in [3.63, 3.8) is 0 Å². The van der Waals surface area contributed by atoms with Crippen molar-refractivity contribution in [2.24, 2.45) is 5.41 Å². The molecule has 5 nitrogen and oxygen atoms in total. The normalized spacial score (nSPS) is 27.0. The summed E-state index contributed by atoms with van der Waals surface area (Å²) in [5.41, 5.74) is 5.91. The summed E-state index contributed by atoms with van der Waals surface area (Å²) in [4.78, 5) is 17.4. The fraction of sp³-hybridized carbons (Fsp3) is 0.652. The first-order valence-corrected chi connectivity index (χ1v) is 10.8. The molecule has 2 fully saturated rings. The molecule has 0 amide bonds. The lowest BCUT2D eigenvalue weighted by Crippen LogP contribution is -2.38. The highest BCUT2D eigenvalue weighted by atomic mass is 16.5. The molecule has 1 saturated carbocycles. The van der Waals surface area contributed by atoms with Crippen LogP contribution in [0.5, 0.6) is 0 Å². The second-order valence-corrected chi connectivity index (χ2v) is 8.96. The molecule has 0 radical (unpaired) electrons. The van der Waals surface area contributed by atoms with E-state index < -0.39 is 6.10 Å². The first kappa shape index (κ1) is 18.5. The molecule has 1 atom stereocenters. The largest absolute Gasteiger partial charge is 0.388 e. The van der Waals surface area contributed by atoms with E-state index in [1.54, 1.807) is 0 Å². The lowest BCUT2D eigenvalue weighted by atomic mass is 9.59. The van der Waals surface area contributed by atoms with Crippen LogP contribution in [0.1, 0.15) is 89.8 Å². The zero-order valence-electron chi connectivity index (χ0n) is 16.4. The topological polar surface area (TPSA) is 68.7 Å². The van der Waals surface area contributed by atoms with Crippen molar-refractivity contribution in [1.29, 1.82) is 0 Å². The summed E-state index contributed by atoms with van der Waals surface area (Å²) in [6.07, 6.45) is 10.5. The van der Waals surface area contributed by atoms with E-state index in [4.69, 9.17) is 14.5 Å². The Kier molecular flexibility index (Phi) is 4.85. The molecule has 1 aromatic heterocycles. The zero-order chi connectivity index (χ0) is 19.1. The van der Waals surface area contributed by atoms with Gasteiger partial charge in [-0.2, -0.15) is 0 Å². The van der Waals surface area contributed by atoms with Crippen LogP contribution >= 0.6 is 0 Å². The van der Waals surface area contributed by atoms with Gasteiger partial charge in [-0.05, 0) is 61.5 Å². The van der Waals surface area contributed by atoms with E-state index in [1.807, 2.05) is 0 Å². The van der Waals surface area contributed by atoms with Gasteiger partial charge in [-0.3, -0.25) is 9.78 Å². The Bertz CT molecular complexity index is 805. The molecular formula is C23H29NO4. The third kappa shape index (κ3) is 3.04. The third-order valence-corrected chi connectivity index (χ3v) is 7.31. The molecule has 1 spiro atoms. The summed E-state index contributed by atoms with van der Waals surface area (Å²) in [5.74, 6) is 0.259. The van der Waals surface area contributed by atoms with Crippen molar-refractivity contribution in [2.45, 2.75) is 63.4 Å². The molecule has 5 heteroatoms. The standard InChI is InChI=1S/C23H29NO4/c25-14-17-20(15-2-8-27-9-3-15)21-18(12-23(6-1-7-23)13-19(21)26)24-22(17)16-4-10-28-11-5-16/h2,14,16,19,26H,1,3-13H2. The SMILES string of the molecule is O=Cc1c(C2CCOCC2)nc2c(c1C1=CCOCC1)C(O)CC1(CCC1)C2. The van der Waals surface area contributed by atoms with Gasteiger partial charge < -0.3 is 14.6 Å². The first-order chi connectivity index (χ1) is 13.7. The van der Waals surface area contributed by atoms with Crippen LogP contribution < -0.4 is 0 Å². The number of aliphatic hydroxyl groups excluding tert-OH is 1. The van der Waals surface area contributed by atoms with Gasteiger partial charge in [0.2, 0.25) is 0 Å². The van der Waals surface area contributed by atoms with Gasteiger partial charge in [-0.15, -0.1) is 0 Å². The second kappa shape index (κ2) is 7.36. The van der Waals surface area contributed by atoms with Crippen molar-refractivity contribution in [1.82, 2.24) is 4.98 Å². The molecular weight excluding hydrogens is 354 g/mol. The third-order valence-electron chi connectivity index (χ3n) is 7.31. The highest BCUT2D eigenvalue weighted by Crippen LogP contribution is 2.54. The lowest BCUT2D eigenvalue weighted by molar-refractivity contribution is 0.0239. The number of aromatic nitrogens is 1. The van der Waals surface area contributed by atoms with Crippen LogP contribution in [0.15, 0.2) is 6.08 Å². The maximum Gasteiger partial charge on any atom is 0.152 e. The van der Waals surface area contributed by atoms with Crippen molar-refractivity contribution >= 4 is 11.9 Å². The molecule has 1 unspecified atom stereocenters. The summed E-state index contributed by atoms with van der Waals surface area (Å²) in [6, 6.07) is 0. The number of nitrogens with zero attached hydrogens (tertiary/aromatic N) is 1. The molecule has 1 aromatic rings. The highest BCUT2D eigenvalue weighted by Gasteiger charge is 2.45. The van der Waals surface area contributed by atoms with Gasteiger partial charge in [0.15, 0.2) is 6.29 Å². The van der Waals surface area contributed by atoms with Gasteiger partial charge in [-0.1, -0.05) is 12.5 Å². The molecule has 150 valence electrons. The Morgan fingerprint density at radius 1 is 1.18 bits per heavy atom. The Hall–Kier alpha value is -1.56. The van der Waals surface area contributed by atoms with E-state index in [0.717, 1.165) is 79.7 Å². The predicted molar refractivity (Wildman–Crippen MR) is 105 cm³/mol. The Morgan fingerprint density at radius 3 is 2.64 bits per heavy atom. The highest BCUT2D eigenvalue weighted by molar-refractivity contribution is 5.89. The molecule has 4 aliphatic rings. The quantitative estimate of drug-likeness (QED) is 0.805. The van der Waals surface area contributed by atoms with Crippen molar-refractivity contribution in [3.8, 4) is 0 Å². The number of carbonyl (C=O) groups is 1. The van der Waals surface area contributed by atoms with Crippen LogP contribution in [-0.2, 0) is 15.9 Å². The predicted octanol–water partition coefficient (Wildman–Crippen LogP) is 3.74. The van der Waals surface area contributed by atoms with E-state index in [1.165, 1.54) is 19.3 Å². The number of rotatable bonds is 3. The first-order valence-electron chi connectivity index (χ1n) is 10.8. The van der Waals surface area contributed by atoms with Crippen molar-refractivity contribution in [3.05, 3.63) is 34.2 Å². The van der Waals surface area contributed by atoms with Gasteiger partial charge in [0.25, 0.3) is 0 Å². The summed E-state index contributed by atoms with van der Waals surface area (Å²) < 4.78 is 11.1. The van der Waals surface area contributed by atoms with E-state index in [-0.39, 0.29) is 11.3 Å². The zero-order valence-corrected chi connectivity index (χ0v) is 16.4. The fourth-order valence-corrected chi connectivity index (χ4v) is 5.68. The van der Waals surface area contributed by atoms with E-state index >= 15 is 0 Å². The van der Waals surface area contributed by atoms with E-state index in [2.05, 4.69) is 6.08 Å². The van der Waals surface area contributed by atoms with Crippen LogP contribution in [0.25, 0.3) is 5.57 Å². The summed E-state index contributed by atoms with van der Waals surface area (Å²) >= 11 is 0. The minimum absolute atomic E-state index is 0.219. The maximum atomic E-state index is 12.3. The average molecular weight is 383 g/mol. The van der Waals surface area contributed by atoms with Crippen LogP contribution in [0, 0.1) is 5.41 Å². The number of hydrogen-bond acceptors (Lipinski definition) is 5. The second-order valence-electron chi connectivity index (χ2n) is 8.96. The maximum absolute atomic E-state index is 12.3. The van der Waals surface area contributed by atoms with Crippen LogP contribution in [0.2, 0.25) is 0 Å². The van der Waals surface area contributed by atoms with Crippen molar-refractivity contribution < 1.29 is 19.4 Å². The average Bonchev–Trinajstić information content (AvgIpc) is 2.72. The summed E-state index contributed by atoms with van der Waals surface area (Å²) in [7, 11) is 0. The van der Waals surface area contributed by atoms with Crippen LogP contribution in [-0.4, -0.2) is 42.8 Å². The number of carbonyl (C=O) groups excluding carboxylic acids is 1. The Labute approximate surface area is 166 Å². The number of aliphatic hydroxyl groups is 1. The van der Waals surface area contributed by atoms with Gasteiger partial charge in [0, 0.05) is 36.0 Å². The van der Waals surface area contributed by atoms with Gasteiger partial charge in [0.1, 0.15) is 0 Å². The molecule has 3 heterocycles. The molecule has 1 N–H and O–H groups in total. The summed E-state index contributed by atoms with van der Waals surface area (Å²) in [5, 5.41) is 11.2. The minimum Gasteiger partial charge on any atom is -0.388 e. The van der Waals surface area contributed by atoms with Gasteiger partial charge >= 0.3 is 0 Å². The monoisotopic (exact) mass is 383 g/mol. The number of aldehydes is 1. The molecule has 28 heavy (non-hydrogen) atoms. The van der Waals surface area contributed by atoms with E-state index in [9.17, 15) is 9.90 Å². The number of pyridine rings is 1. The molecule has 2 aliphatic heterocycles. The molecule has 0 bridgehead atoms. The van der Waals surface area contributed by atoms with Gasteiger partial charge in [0.05, 0.1) is 25.0 Å². The Balaban J connectivity index is 1.69. The number of hydrogen-bond donors (Lipinski definition) is 1. The molecule has 2 aliphatic carbocycles. The molecule has 1 saturated heterocycles. The van der Waals surface area contributed by atoms with Gasteiger partial charge in [-0.25, -0.2) is 0 Å². The lowest BCUT2D eigenvalue weighted by Gasteiger charge is -2.47. The summed E-state index contributed by atoms with van der Waals surface area (Å²) in [6.45, 7) is 2.67. The Morgan fingerprint density at radius 2 is 2.00 bits per heavy atom. The molecule has 5 rings (SSSR count). The van der Waals surface area contributed by atoms with Crippen LogP contribution in [0.3, 0.4) is 0 Å².